The van der Waals surface area contributed by atoms with E-state index in [0.717, 1.165) is 5.56 Å². The third-order valence-electron chi connectivity index (χ3n) is 3.16. The second-order valence-corrected chi connectivity index (χ2v) is 6.54. The fourth-order valence-electron chi connectivity index (χ4n) is 1.92. The fraction of sp³-hybridized carbons (Fsp3) is 0.500. The van der Waals surface area contributed by atoms with Crippen molar-refractivity contribution in [2.24, 2.45) is 0 Å². The maximum atomic E-state index is 11.0. The first-order valence-electron chi connectivity index (χ1n) is 6.51. The van der Waals surface area contributed by atoms with E-state index in [2.05, 4.69) is 15.9 Å². The summed E-state index contributed by atoms with van der Waals surface area (Å²) in [5.41, 5.74) is 0.545. The first-order valence-corrected chi connectivity index (χ1v) is 7.31. The molecule has 0 aromatic heterocycles. The molecular weight excluding hydrogens is 340 g/mol. The summed E-state index contributed by atoms with van der Waals surface area (Å²) < 4.78 is 0.444. The molecule has 0 aliphatic rings. The second-order valence-electron chi connectivity index (χ2n) is 5.74. The third-order valence-corrected chi connectivity index (χ3v) is 4.08. The van der Waals surface area contributed by atoms with E-state index in [1.165, 1.54) is 6.07 Å². The topological polar surface area (TPSA) is 83.7 Å². The minimum atomic E-state index is -0.859. The predicted octanol–water partition coefficient (Wildman–Crippen LogP) is 3.43. The first kappa shape index (κ1) is 17.6. The summed E-state index contributed by atoms with van der Waals surface area (Å²) in [6.07, 6.45) is 0.0316. The molecule has 0 aliphatic carbocycles. The standard InChI is InChI=1S/C14H19BrN2O4/c1-14(2,3)16(8-7-12(18)19)9-10-5-4-6-11(13(10)15)17(20)21/h4-6H,7-9H2,1-3H3,(H,18,19). The summed E-state index contributed by atoms with van der Waals surface area (Å²) in [5, 5.41) is 19.8. The molecule has 7 heteroatoms. The molecule has 0 fully saturated rings. The van der Waals surface area contributed by atoms with Crippen LogP contribution in [0, 0.1) is 10.1 Å². The lowest BCUT2D eigenvalue weighted by Crippen LogP contribution is -2.42. The molecule has 1 aromatic carbocycles. The van der Waals surface area contributed by atoms with Crippen LogP contribution in [-0.4, -0.2) is 33.0 Å². The van der Waals surface area contributed by atoms with Crippen molar-refractivity contribution >= 4 is 27.6 Å². The first-order chi connectivity index (χ1) is 9.62. The van der Waals surface area contributed by atoms with Gasteiger partial charge in [0.05, 0.1) is 15.8 Å². The van der Waals surface area contributed by atoms with E-state index in [1.54, 1.807) is 12.1 Å². The minimum Gasteiger partial charge on any atom is -0.481 e. The van der Waals surface area contributed by atoms with Crippen LogP contribution >= 0.6 is 15.9 Å². The van der Waals surface area contributed by atoms with Gasteiger partial charge in [-0.1, -0.05) is 12.1 Å². The third kappa shape index (κ3) is 5.09. The minimum absolute atomic E-state index is 0.0135. The van der Waals surface area contributed by atoms with Crippen LogP contribution < -0.4 is 0 Å². The molecule has 0 bridgehead atoms. The molecule has 1 aromatic rings. The Bertz CT molecular complexity index is 540. The molecule has 21 heavy (non-hydrogen) atoms. The van der Waals surface area contributed by atoms with Crippen molar-refractivity contribution in [3.8, 4) is 0 Å². The highest BCUT2D eigenvalue weighted by Gasteiger charge is 2.24. The summed E-state index contributed by atoms with van der Waals surface area (Å²) in [6, 6.07) is 4.87. The lowest BCUT2D eigenvalue weighted by Gasteiger charge is -2.35. The zero-order chi connectivity index (χ0) is 16.2. The van der Waals surface area contributed by atoms with Crippen molar-refractivity contribution < 1.29 is 14.8 Å². The van der Waals surface area contributed by atoms with Gasteiger partial charge in [-0.3, -0.25) is 19.8 Å². The normalized spacial score (nSPS) is 11.7. The van der Waals surface area contributed by atoms with E-state index >= 15 is 0 Å². The largest absolute Gasteiger partial charge is 0.481 e. The Labute approximate surface area is 132 Å². The molecule has 0 heterocycles. The van der Waals surface area contributed by atoms with Crippen LogP contribution in [0.3, 0.4) is 0 Å². The quantitative estimate of drug-likeness (QED) is 0.621. The number of carbonyl (C=O) groups is 1. The Kier molecular flexibility index (Phi) is 5.86. The van der Waals surface area contributed by atoms with Crippen LogP contribution in [0.25, 0.3) is 0 Å². The smallest absolute Gasteiger partial charge is 0.304 e. The van der Waals surface area contributed by atoms with Crippen molar-refractivity contribution in [3.63, 3.8) is 0 Å². The zero-order valence-corrected chi connectivity index (χ0v) is 13.9. The van der Waals surface area contributed by atoms with Gasteiger partial charge in [0.15, 0.2) is 0 Å². The molecule has 0 atom stereocenters. The predicted molar refractivity (Wildman–Crippen MR) is 83.2 cm³/mol. The van der Waals surface area contributed by atoms with Crippen LogP contribution in [0.4, 0.5) is 5.69 Å². The number of halogens is 1. The van der Waals surface area contributed by atoms with E-state index < -0.39 is 10.9 Å². The van der Waals surface area contributed by atoms with Crippen LogP contribution in [-0.2, 0) is 11.3 Å². The highest BCUT2D eigenvalue weighted by molar-refractivity contribution is 9.10. The Balaban J connectivity index is 3.01. The lowest BCUT2D eigenvalue weighted by molar-refractivity contribution is -0.385. The van der Waals surface area contributed by atoms with Crippen molar-refractivity contribution in [2.75, 3.05) is 6.54 Å². The van der Waals surface area contributed by atoms with Gasteiger partial charge in [-0.2, -0.15) is 0 Å². The number of nitrogens with zero attached hydrogens (tertiary/aromatic N) is 2. The SMILES string of the molecule is CC(C)(C)N(CCC(=O)O)Cc1cccc([N+](=O)[O-])c1Br. The maximum absolute atomic E-state index is 11.0. The molecule has 0 amide bonds. The molecule has 0 aliphatic heterocycles. The summed E-state index contributed by atoms with van der Waals surface area (Å²) in [6.45, 7) is 6.79. The van der Waals surface area contributed by atoms with Crippen LogP contribution in [0.2, 0.25) is 0 Å². The van der Waals surface area contributed by atoms with Crippen LogP contribution in [0.5, 0.6) is 0 Å². The highest BCUT2D eigenvalue weighted by atomic mass is 79.9. The van der Waals surface area contributed by atoms with Gasteiger partial charge in [0.2, 0.25) is 0 Å². The molecule has 0 saturated heterocycles. The summed E-state index contributed by atoms with van der Waals surface area (Å²) >= 11 is 3.27. The lowest BCUT2D eigenvalue weighted by atomic mass is 10.0. The number of nitro benzene ring substituents is 1. The van der Waals surface area contributed by atoms with Crippen molar-refractivity contribution in [1.29, 1.82) is 0 Å². The van der Waals surface area contributed by atoms with E-state index in [1.807, 2.05) is 25.7 Å². The van der Waals surface area contributed by atoms with E-state index in [0.29, 0.717) is 17.6 Å². The molecule has 1 rings (SSSR count). The Hall–Kier alpha value is -1.47. The van der Waals surface area contributed by atoms with Gasteiger partial charge in [-0.15, -0.1) is 0 Å². The van der Waals surface area contributed by atoms with Crippen LogP contribution in [0.1, 0.15) is 32.8 Å². The molecule has 0 radical (unpaired) electrons. The number of aliphatic carboxylic acids is 1. The van der Waals surface area contributed by atoms with Crippen molar-refractivity contribution in [3.05, 3.63) is 38.3 Å². The van der Waals surface area contributed by atoms with Crippen molar-refractivity contribution in [2.45, 2.75) is 39.3 Å². The van der Waals surface area contributed by atoms with Gasteiger partial charge in [0.1, 0.15) is 0 Å². The van der Waals surface area contributed by atoms with Crippen LogP contribution in [0.15, 0.2) is 22.7 Å². The molecular formula is C14H19BrN2O4. The van der Waals surface area contributed by atoms with Gasteiger partial charge in [-0.25, -0.2) is 0 Å². The summed E-state index contributed by atoms with van der Waals surface area (Å²) in [4.78, 5) is 23.3. The van der Waals surface area contributed by atoms with Gasteiger partial charge < -0.3 is 5.11 Å². The van der Waals surface area contributed by atoms with E-state index in [-0.39, 0.29) is 17.6 Å². The monoisotopic (exact) mass is 358 g/mol. The van der Waals surface area contributed by atoms with E-state index in [9.17, 15) is 14.9 Å². The average molecular weight is 359 g/mol. The van der Waals surface area contributed by atoms with Gasteiger partial charge in [0, 0.05) is 24.7 Å². The Morgan fingerprint density at radius 3 is 2.52 bits per heavy atom. The molecule has 0 spiro atoms. The number of carboxylic acid groups (broad SMARTS) is 1. The Morgan fingerprint density at radius 2 is 2.05 bits per heavy atom. The molecule has 0 saturated carbocycles. The second kappa shape index (κ2) is 7.00. The number of nitro groups is 1. The number of benzene rings is 1. The number of carboxylic acids is 1. The summed E-state index contributed by atoms with van der Waals surface area (Å²) in [5.74, 6) is -0.859. The maximum Gasteiger partial charge on any atom is 0.304 e. The molecule has 0 unspecified atom stereocenters. The van der Waals surface area contributed by atoms with E-state index in [4.69, 9.17) is 5.11 Å². The fourth-order valence-corrected chi connectivity index (χ4v) is 2.45. The molecule has 6 nitrogen and oxygen atoms in total. The van der Waals surface area contributed by atoms with Crippen molar-refractivity contribution in [1.82, 2.24) is 4.90 Å². The van der Waals surface area contributed by atoms with Gasteiger partial charge in [-0.05, 0) is 42.3 Å². The number of hydrogen-bond donors (Lipinski definition) is 1. The Morgan fingerprint density at radius 1 is 1.43 bits per heavy atom. The average Bonchev–Trinajstić information content (AvgIpc) is 2.34. The highest BCUT2D eigenvalue weighted by Crippen LogP contribution is 2.30. The molecule has 1 N–H and O–H groups in total. The number of rotatable bonds is 6. The zero-order valence-electron chi connectivity index (χ0n) is 12.3. The van der Waals surface area contributed by atoms with Gasteiger partial charge in [0.25, 0.3) is 5.69 Å². The van der Waals surface area contributed by atoms with Gasteiger partial charge >= 0.3 is 5.97 Å². The number of hydrogen-bond acceptors (Lipinski definition) is 4. The summed E-state index contributed by atoms with van der Waals surface area (Å²) in [7, 11) is 0. The molecule has 116 valence electrons.